The number of hydrogen-bond donors (Lipinski definition) is 1. The van der Waals surface area contributed by atoms with Gasteiger partial charge in [-0.15, -0.1) is 0 Å². The molecule has 1 unspecified atom stereocenters. The van der Waals surface area contributed by atoms with Crippen molar-refractivity contribution < 1.29 is 13.2 Å². The average Bonchev–Trinajstić information content (AvgIpc) is 2.83. The molecule has 19 heavy (non-hydrogen) atoms. The Morgan fingerprint density at radius 3 is 2.74 bits per heavy atom. The number of nitrogens with two attached hydrogens (primary N) is 1. The van der Waals surface area contributed by atoms with Gasteiger partial charge in [0.2, 0.25) is 15.9 Å². The lowest BCUT2D eigenvalue weighted by Gasteiger charge is -2.19. The molecule has 106 valence electrons. The Hall–Kier alpha value is -1.41. The van der Waals surface area contributed by atoms with Crippen molar-refractivity contribution in [2.45, 2.75) is 38.5 Å². The first-order chi connectivity index (χ1) is 8.84. The molecule has 8 heteroatoms. The molecule has 0 spiro atoms. The molecule has 1 aliphatic heterocycles. The molecular weight excluding hydrogens is 268 g/mol. The number of amides is 1. The summed E-state index contributed by atoms with van der Waals surface area (Å²) in [6, 6.07) is 0. The van der Waals surface area contributed by atoms with Crippen LogP contribution in [0.2, 0.25) is 0 Å². The van der Waals surface area contributed by atoms with Crippen molar-refractivity contribution in [3.05, 3.63) is 11.8 Å². The van der Waals surface area contributed by atoms with Crippen LogP contribution in [0.5, 0.6) is 0 Å². The molecule has 0 radical (unpaired) electrons. The fourth-order valence-corrected chi connectivity index (χ4v) is 3.03. The van der Waals surface area contributed by atoms with E-state index >= 15 is 0 Å². The minimum absolute atomic E-state index is 0.0599. The van der Waals surface area contributed by atoms with E-state index in [1.807, 2.05) is 13.8 Å². The second-order valence-electron chi connectivity index (χ2n) is 4.79. The Morgan fingerprint density at radius 1 is 1.53 bits per heavy atom. The second kappa shape index (κ2) is 4.93. The zero-order valence-corrected chi connectivity index (χ0v) is 11.9. The zero-order valence-electron chi connectivity index (χ0n) is 11.0. The molecule has 7 nitrogen and oxygen atoms in total. The molecule has 1 aromatic heterocycles. The summed E-state index contributed by atoms with van der Waals surface area (Å²) >= 11 is 0. The Bertz CT molecular complexity index is 593. The van der Waals surface area contributed by atoms with Crippen LogP contribution in [0.25, 0.3) is 0 Å². The molecular formula is C11H18N4O3S. The van der Waals surface area contributed by atoms with Crippen LogP contribution in [0, 0.1) is 6.92 Å². The molecule has 0 aliphatic carbocycles. The SMILES string of the molecule is CCCn1ncc(C)c1N1CC(S(N)(=O)=O)CC1=O. The first-order valence-corrected chi connectivity index (χ1v) is 7.80. The van der Waals surface area contributed by atoms with Crippen molar-refractivity contribution in [3.8, 4) is 0 Å². The predicted octanol–water partition coefficient (Wildman–Crippen LogP) is -0.00468. The Balaban J connectivity index is 2.33. The third-order valence-electron chi connectivity index (χ3n) is 3.23. The number of carbonyl (C=O) groups is 1. The Labute approximate surface area is 112 Å². The van der Waals surface area contributed by atoms with Gasteiger partial charge in [0.1, 0.15) is 11.1 Å². The molecule has 1 aliphatic rings. The highest BCUT2D eigenvalue weighted by Crippen LogP contribution is 2.27. The zero-order chi connectivity index (χ0) is 14.2. The summed E-state index contributed by atoms with van der Waals surface area (Å²) in [5.74, 6) is 0.456. The van der Waals surface area contributed by atoms with E-state index < -0.39 is 15.3 Å². The fraction of sp³-hybridized carbons (Fsp3) is 0.636. The highest BCUT2D eigenvalue weighted by atomic mass is 32.2. The van der Waals surface area contributed by atoms with Gasteiger partial charge in [0, 0.05) is 25.1 Å². The molecule has 2 heterocycles. The fourth-order valence-electron chi connectivity index (χ4n) is 2.30. The Kier molecular flexibility index (Phi) is 3.64. The number of aryl methyl sites for hydroxylation is 2. The van der Waals surface area contributed by atoms with Gasteiger partial charge in [-0.05, 0) is 13.3 Å². The average molecular weight is 286 g/mol. The largest absolute Gasteiger partial charge is 0.295 e. The maximum Gasteiger partial charge on any atom is 0.229 e. The third-order valence-corrected chi connectivity index (χ3v) is 4.48. The van der Waals surface area contributed by atoms with E-state index in [2.05, 4.69) is 5.10 Å². The lowest BCUT2D eigenvalue weighted by Crippen LogP contribution is -2.33. The van der Waals surface area contributed by atoms with Gasteiger partial charge >= 0.3 is 0 Å². The number of rotatable bonds is 4. The normalized spacial score (nSPS) is 20.3. The van der Waals surface area contributed by atoms with Gasteiger partial charge in [0.25, 0.3) is 0 Å². The number of carbonyl (C=O) groups excluding carboxylic acids is 1. The number of primary sulfonamides is 1. The lowest BCUT2D eigenvalue weighted by molar-refractivity contribution is -0.117. The summed E-state index contributed by atoms with van der Waals surface area (Å²) in [4.78, 5) is 13.5. The highest BCUT2D eigenvalue weighted by Gasteiger charge is 2.38. The van der Waals surface area contributed by atoms with Gasteiger partial charge in [-0.3, -0.25) is 9.69 Å². The Morgan fingerprint density at radius 2 is 2.21 bits per heavy atom. The quantitative estimate of drug-likeness (QED) is 0.842. The smallest absolute Gasteiger partial charge is 0.229 e. The van der Waals surface area contributed by atoms with Crippen molar-refractivity contribution in [2.75, 3.05) is 11.4 Å². The molecule has 0 aromatic carbocycles. The van der Waals surface area contributed by atoms with Crippen LogP contribution in [-0.4, -0.2) is 35.9 Å². The van der Waals surface area contributed by atoms with E-state index in [9.17, 15) is 13.2 Å². The summed E-state index contributed by atoms with van der Waals surface area (Å²) in [6.45, 7) is 4.66. The van der Waals surface area contributed by atoms with Gasteiger partial charge in [-0.25, -0.2) is 18.2 Å². The monoisotopic (exact) mass is 286 g/mol. The second-order valence-corrected chi connectivity index (χ2v) is 6.64. The minimum atomic E-state index is -3.69. The lowest BCUT2D eigenvalue weighted by atomic mass is 10.3. The predicted molar refractivity (Wildman–Crippen MR) is 71.1 cm³/mol. The summed E-state index contributed by atoms with van der Waals surface area (Å²) < 4.78 is 24.5. The topological polar surface area (TPSA) is 98.3 Å². The van der Waals surface area contributed by atoms with Gasteiger partial charge < -0.3 is 0 Å². The van der Waals surface area contributed by atoms with Crippen LogP contribution in [0.15, 0.2) is 6.20 Å². The van der Waals surface area contributed by atoms with E-state index in [4.69, 9.17) is 5.14 Å². The van der Waals surface area contributed by atoms with E-state index in [-0.39, 0.29) is 18.9 Å². The summed E-state index contributed by atoms with van der Waals surface area (Å²) in [7, 11) is -3.69. The van der Waals surface area contributed by atoms with Crippen molar-refractivity contribution in [3.63, 3.8) is 0 Å². The number of nitrogens with zero attached hydrogens (tertiary/aromatic N) is 3. The van der Waals surface area contributed by atoms with Crippen LogP contribution < -0.4 is 10.0 Å². The summed E-state index contributed by atoms with van der Waals surface area (Å²) in [5, 5.41) is 8.51. The van der Waals surface area contributed by atoms with Gasteiger partial charge in [-0.2, -0.15) is 5.10 Å². The molecule has 1 atom stereocenters. The minimum Gasteiger partial charge on any atom is -0.295 e. The van der Waals surface area contributed by atoms with E-state index in [0.717, 1.165) is 12.0 Å². The summed E-state index contributed by atoms with van der Waals surface area (Å²) in [5.41, 5.74) is 0.858. The van der Waals surface area contributed by atoms with Crippen molar-refractivity contribution >= 4 is 21.7 Å². The molecule has 1 amide bonds. The maximum atomic E-state index is 12.0. The molecule has 1 fully saturated rings. The molecule has 2 N–H and O–H groups in total. The number of aromatic nitrogens is 2. The first-order valence-electron chi connectivity index (χ1n) is 6.19. The van der Waals surface area contributed by atoms with Crippen molar-refractivity contribution in [1.29, 1.82) is 0 Å². The molecule has 1 aromatic rings. The van der Waals surface area contributed by atoms with E-state index in [0.29, 0.717) is 12.4 Å². The van der Waals surface area contributed by atoms with Crippen LogP contribution in [0.4, 0.5) is 5.82 Å². The van der Waals surface area contributed by atoms with Gasteiger partial charge in [-0.1, -0.05) is 6.92 Å². The summed E-state index contributed by atoms with van der Waals surface area (Å²) in [6.07, 6.45) is 2.51. The van der Waals surface area contributed by atoms with Crippen LogP contribution in [-0.2, 0) is 21.4 Å². The van der Waals surface area contributed by atoms with Crippen molar-refractivity contribution in [1.82, 2.24) is 9.78 Å². The number of hydrogen-bond acceptors (Lipinski definition) is 4. The van der Waals surface area contributed by atoms with E-state index in [1.54, 1.807) is 10.9 Å². The highest BCUT2D eigenvalue weighted by molar-refractivity contribution is 7.89. The molecule has 2 rings (SSSR count). The molecule has 1 saturated heterocycles. The maximum absolute atomic E-state index is 12.0. The van der Waals surface area contributed by atoms with Gasteiger partial charge in [0.15, 0.2) is 0 Å². The van der Waals surface area contributed by atoms with Gasteiger partial charge in [0.05, 0.1) is 6.20 Å². The first kappa shape index (κ1) is 14.0. The standard InChI is InChI=1S/C11H18N4O3S/c1-3-4-15-11(8(2)6-13-15)14-7-9(5-10(14)16)19(12,17)18/h6,9H,3-5,7H2,1-2H3,(H2,12,17,18). The third kappa shape index (κ3) is 2.64. The molecule has 0 bridgehead atoms. The molecule has 0 saturated carbocycles. The van der Waals surface area contributed by atoms with Crippen LogP contribution >= 0.6 is 0 Å². The van der Waals surface area contributed by atoms with Crippen LogP contribution in [0.3, 0.4) is 0 Å². The number of sulfonamides is 1. The van der Waals surface area contributed by atoms with Crippen molar-refractivity contribution in [2.24, 2.45) is 5.14 Å². The number of anilines is 1. The van der Waals surface area contributed by atoms with E-state index in [1.165, 1.54) is 4.90 Å². The van der Waals surface area contributed by atoms with Crippen LogP contribution in [0.1, 0.15) is 25.3 Å².